The Labute approximate surface area is 348 Å². The van der Waals surface area contributed by atoms with Gasteiger partial charge in [-0.05, 0) is 61.4 Å². The normalized spacial score (nSPS) is 41.9. The number of rotatable bonds is 11. The highest BCUT2D eigenvalue weighted by atomic mass is 16.7. The summed E-state index contributed by atoms with van der Waals surface area (Å²) in [6.45, 7) is 14.7. The fourth-order valence-corrected chi connectivity index (χ4v) is 9.43. The molecule has 6 aliphatic rings. The molecule has 3 saturated heterocycles. The van der Waals surface area contributed by atoms with Crippen LogP contribution >= 0.6 is 0 Å². The van der Waals surface area contributed by atoms with Gasteiger partial charge in [0.25, 0.3) is 0 Å². The number of ether oxygens (including phenoxy) is 9. The molecule has 0 radical (unpaired) electrons. The third kappa shape index (κ3) is 10.1. The molecule has 2 bridgehead atoms. The second kappa shape index (κ2) is 19.9. The van der Waals surface area contributed by atoms with Gasteiger partial charge in [-0.15, -0.1) is 0 Å². The van der Waals surface area contributed by atoms with E-state index in [4.69, 9.17) is 48.2 Å². The Bertz CT molecular complexity index is 1680. The predicted octanol–water partition coefficient (Wildman–Crippen LogP) is 6.15. The first kappa shape index (κ1) is 45.6. The highest BCUT2D eigenvalue weighted by molar-refractivity contribution is 5.78. The molecular formula is C44H65N3O12. The quantitative estimate of drug-likeness (QED) is 0.0461. The van der Waals surface area contributed by atoms with Gasteiger partial charge in [-0.3, -0.25) is 4.79 Å². The summed E-state index contributed by atoms with van der Waals surface area (Å²) in [7, 11) is 1.63. The second-order valence-corrected chi connectivity index (χ2v) is 17.2. The van der Waals surface area contributed by atoms with E-state index in [1.807, 2.05) is 32.1 Å². The number of azide groups is 1. The molecule has 5 heterocycles. The van der Waals surface area contributed by atoms with E-state index in [9.17, 15) is 15.0 Å². The van der Waals surface area contributed by atoms with Crippen LogP contribution in [-0.2, 0) is 47.4 Å². The predicted molar refractivity (Wildman–Crippen MR) is 216 cm³/mol. The average Bonchev–Trinajstić information content (AvgIpc) is 3.55. The molecule has 3 unspecified atom stereocenters. The maximum absolute atomic E-state index is 14.3. The van der Waals surface area contributed by atoms with Crippen LogP contribution in [0, 0.1) is 23.7 Å². The highest BCUT2D eigenvalue weighted by Gasteiger charge is 2.60. The van der Waals surface area contributed by atoms with Crippen LogP contribution in [0.25, 0.3) is 10.4 Å². The largest absolute Gasteiger partial charge is 0.462 e. The van der Waals surface area contributed by atoms with Gasteiger partial charge in [-0.2, -0.15) is 0 Å². The minimum absolute atomic E-state index is 0.00819. The van der Waals surface area contributed by atoms with Crippen molar-refractivity contribution in [1.82, 2.24) is 0 Å². The summed E-state index contributed by atoms with van der Waals surface area (Å²) in [5.74, 6) is -2.54. The van der Waals surface area contributed by atoms with Crippen molar-refractivity contribution >= 4 is 5.97 Å². The Morgan fingerprint density at radius 1 is 1.10 bits per heavy atom. The van der Waals surface area contributed by atoms with E-state index in [1.54, 1.807) is 26.2 Å². The molecule has 328 valence electrons. The van der Waals surface area contributed by atoms with E-state index >= 15 is 0 Å². The second-order valence-electron chi connectivity index (χ2n) is 17.2. The van der Waals surface area contributed by atoms with Gasteiger partial charge in [0.05, 0.1) is 43.7 Å². The number of hydrogen-bond acceptors (Lipinski definition) is 13. The first-order valence-corrected chi connectivity index (χ1v) is 21.3. The van der Waals surface area contributed by atoms with E-state index in [-0.39, 0.29) is 62.6 Å². The van der Waals surface area contributed by atoms with Crippen LogP contribution in [0.2, 0.25) is 0 Å². The van der Waals surface area contributed by atoms with E-state index in [1.165, 1.54) is 0 Å². The first-order chi connectivity index (χ1) is 28.2. The zero-order valence-corrected chi connectivity index (χ0v) is 35.8. The summed E-state index contributed by atoms with van der Waals surface area (Å²) < 4.78 is 56.7. The first-order valence-electron chi connectivity index (χ1n) is 21.3. The molecule has 0 amide bonds. The maximum atomic E-state index is 14.3. The lowest BCUT2D eigenvalue weighted by molar-refractivity contribution is -0.300. The smallest absolute Gasteiger partial charge is 0.316 e. The lowest BCUT2D eigenvalue weighted by Gasteiger charge is -2.48. The fourth-order valence-electron chi connectivity index (χ4n) is 9.43. The van der Waals surface area contributed by atoms with Crippen molar-refractivity contribution in [3.8, 4) is 0 Å². The Hall–Kier alpha value is -2.92. The number of allylic oxidation sites excluding steroid dienone is 2. The van der Waals surface area contributed by atoms with E-state index in [0.717, 1.165) is 12.0 Å². The van der Waals surface area contributed by atoms with Crippen LogP contribution in [0.5, 0.6) is 0 Å². The Kier molecular flexibility index (Phi) is 15.3. The molecule has 1 spiro atoms. The summed E-state index contributed by atoms with van der Waals surface area (Å²) in [4.78, 5) is 17.0. The Morgan fingerprint density at radius 2 is 1.90 bits per heavy atom. The van der Waals surface area contributed by atoms with E-state index < -0.39 is 66.2 Å². The van der Waals surface area contributed by atoms with Crippen molar-refractivity contribution in [3.63, 3.8) is 0 Å². The van der Waals surface area contributed by atoms with Crippen LogP contribution in [0.1, 0.15) is 80.6 Å². The molecule has 6 rings (SSSR count). The van der Waals surface area contributed by atoms with Crippen LogP contribution in [0.3, 0.4) is 0 Å². The lowest BCUT2D eigenvalue weighted by Crippen LogP contribution is -2.58. The zero-order valence-electron chi connectivity index (χ0n) is 35.8. The SMILES string of the molecule is CCC(C)[C@H]1O[C@]2(C=C[C@@H]1C)C[C@@H]1C[C@@H](CC=C(C)[C@@H](OC3C[C@H](OC)[C@@H](OCOCCN=[N+]=[N-])[C@H](C)O3)C(C)C=CC=C3CO[C@@H]4[C@H](O)C(C)=C[C@@H](C(=O)O1)[C@]34O)O2. The third-order valence-electron chi connectivity index (χ3n) is 13.0. The van der Waals surface area contributed by atoms with Crippen molar-refractivity contribution in [2.75, 3.05) is 33.7 Å². The van der Waals surface area contributed by atoms with Crippen LogP contribution in [-0.4, -0.2) is 122 Å². The molecule has 0 saturated carbocycles. The van der Waals surface area contributed by atoms with Gasteiger partial charge in [0.1, 0.15) is 42.7 Å². The number of carbonyl (C=O) groups excluding carboxylic acids is 1. The number of esters is 1. The van der Waals surface area contributed by atoms with Gasteiger partial charge >= 0.3 is 5.97 Å². The third-order valence-corrected chi connectivity index (χ3v) is 13.0. The number of carbonyl (C=O) groups is 1. The Morgan fingerprint density at radius 3 is 2.64 bits per heavy atom. The van der Waals surface area contributed by atoms with Gasteiger partial charge in [-0.1, -0.05) is 75.7 Å². The summed E-state index contributed by atoms with van der Waals surface area (Å²) in [5.41, 5.74) is 8.64. The molecule has 0 aromatic carbocycles. The van der Waals surface area contributed by atoms with E-state index in [2.05, 4.69) is 49.9 Å². The summed E-state index contributed by atoms with van der Waals surface area (Å²) in [5, 5.41) is 27.1. The lowest BCUT2D eigenvalue weighted by atomic mass is 9.71. The molecule has 2 N–H and O–H groups in total. The number of fused-ring (bicyclic) bond motifs is 2. The summed E-state index contributed by atoms with van der Waals surface area (Å²) in [6.07, 6.45) is 10.6. The molecule has 1 aliphatic carbocycles. The zero-order chi connectivity index (χ0) is 42.5. The maximum Gasteiger partial charge on any atom is 0.316 e. The van der Waals surface area contributed by atoms with Gasteiger partial charge in [0, 0.05) is 49.7 Å². The number of aliphatic hydroxyl groups excluding tert-OH is 1. The van der Waals surface area contributed by atoms with Crippen molar-refractivity contribution in [2.45, 2.75) is 153 Å². The van der Waals surface area contributed by atoms with Gasteiger partial charge < -0.3 is 52.8 Å². The van der Waals surface area contributed by atoms with Crippen LogP contribution < -0.4 is 0 Å². The molecule has 3 fully saturated rings. The van der Waals surface area contributed by atoms with Gasteiger partial charge in [0.15, 0.2) is 12.1 Å². The number of hydrogen-bond donors (Lipinski definition) is 2. The monoisotopic (exact) mass is 827 g/mol. The number of aliphatic hydroxyl groups is 2. The number of nitrogens with zero attached hydrogens (tertiary/aromatic N) is 3. The van der Waals surface area contributed by atoms with Gasteiger partial charge in [0.2, 0.25) is 0 Å². The average molecular weight is 828 g/mol. The topological polar surface area (TPSA) is 189 Å². The van der Waals surface area contributed by atoms with Crippen molar-refractivity contribution in [1.29, 1.82) is 0 Å². The van der Waals surface area contributed by atoms with Crippen LogP contribution in [0.4, 0.5) is 0 Å². The molecule has 0 aromatic heterocycles. The molecule has 15 heteroatoms. The summed E-state index contributed by atoms with van der Waals surface area (Å²) >= 11 is 0. The number of methoxy groups -OCH3 is 1. The van der Waals surface area contributed by atoms with E-state index in [0.29, 0.717) is 36.8 Å². The molecular weight excluding hydrogens is 762 g/mol. The molecule has 16 atom stereocenters. The standard InChI is InChI=1S/C44H65N3O12/c1-9-25(2)39-28(5)15-16-43(59-39)22-33-20-32(58-43)14-13-27(4)38(57-36-21-35(51-8)40(30(7)55-36)54-24-52-18-17-46-47-45)26(3)11-10-12-31-23-53-41-37(48)29(6)19-34(42(49)56-33)44(31,41)50/h10-13,15-16,19,25-26,28,30,32-41,48,50H,9,14,17-18,20-24H2,1-8H3/t25?,26?,28-,30-,32+,33-,34-,35-,36?,37+,38-,39+,40-,41+,43+,44+/m0/s1. The minimum atomic E-state index is -1.83. The van der Waals surface area contributed by atoms with Crippen LogP contribution in [0.15, 0.2) is 64.4 Å². The fraction of sp³-hybridized carbons (Fsp3) is 0.750. The van der Waals surface area contributed by atoms with Crippen molar-refractivity contribution in [2.24, 2.45) is 28.8 Å². The Balaban J connectivity index is 1.31. The molecule has 15 nitrogen and oxygen atoms in total. The molecule has 0 aromatic rings. The highest BCUT2D eigenvalue weighted by Crippen LogP contribution is 2.47. The molecule has 5 aliphatic heterocycles. The van der Waals surface area contributed by atoms with Crippen molar-refractivity contribution in [3.05, 3.63) is 69.7 Å². The minimum Gasteiger partial charge on any atom is -0.462 e. The van der Waals surface area contributed by atoms with Gasteiger partial charge in [-0.25, -0.2) is 0 Å². The molecule has 59 heavy (non-hydrogen) atoms. The summed E-state index contributed by atoms with van der Waals surface area (Å²) in [6, 6.07) is 0. The van der Waals surface area contributed by atoms with Crippen molar-refractivity contribution < 1.29 is 57.6 Å².